The standard InChI is InChI=1S/C19H20N4O4/c1-25-16-8-13(9-17(26-2)19(16)27-3)10-21-22-18(24)11-23-12-20-14-6-4-5-7-15(14)23/h4-10,12H,11H2,1-3H3,(H,22,24)/b21-10+. The van der Waals surface area contributed by atoms with Crippen LogP contribution in [0.4, 0.5) is 0 Å². The Labute approximate surface area is 156 Å². The van der Waals surface area contributed by atoms with E-state index in [1.54, 1.807) is 23.0 Å². The highest BCUT2D eigenvalue weighted by Crippen LogP contribution is 2.37. The van der Waals surface area contributed by atoms with Gasteiger partial charge in [0.25, 0.3) is 5.91 Å². The van der Waals surface area contributed by atoms with Crippen molar-refractivity contribution in [2.24, 2.45) is 5.10 Å². The van der Waals surface area contributed by atoms with Crippen molar-refractivity contribution in [3.63, 3.8) is 0 Å². The van der Waals surface area contributed by atoms with Crippen LogP contribution in [0, 0.1) is 0 Å². The number of imidazole rings is 1. The van der Waals surface area contributed by atoms with Gasteiger partial charge in [-0.15, -0.1) is 0 Å². The second-order valence-electron chi connectivity index (χ2n) is 5.61. The van der Waals surface area contributed by atoms with E-state index in [4.69, 9.17) is 14.2 Å². The van der Waals surface area contributed by atoms with Crippen LogP contribution < -0.4 is 19.6 Å². The second kappa shape index (κ2) is 8.22. The molecule has 0 unspecified atom stereocenters. The average Bonchev–Trinajstić information content (AvgIpc) is 3.10. The van der Waals surface area contributed by atoms with Crippen molar-refractivity contribution in [2.45, 2.75) is 6.54 Å². The largest absolute Gasteiger partial charge is 0.493 e. The number of hydrogen-bond donors (Lipinski definition) is 1. The zero-order valence-corrected chi connectivity index (χ0v) is 15.3. The van der Waals surface area contributed by atoms with Crippen molar-refractivity contribution in [1.29, 1.82) is 0 Å². The van der Waals surface area contributed by atoms with Gasteiger partial charge in [-0.3, -0.25) is 4.79 Å². The summed E-state index contributed by atoms with van der Waals surface area (Å²) in [5.74, 6) is 1.25. The lowest BCUT2D eigenvalue weighted by Crippen LogP contribution is -2.22. The van der Waals surface area contributed by atoms with E-state index >= 15 is 0 Å². The Bertz CT molecular complexity index is 956. The highest BCUT2D eigenvalue weighted by molar-refractivity contribution is 5.85. The van der Waals surface area contributed by atoms with Crippen molar-refractivity contribution in [2.75, 3.05) is 21.3 Å². The smallest absolute Gasteiger partial charge is 0.260 e. The van der Waals surface area contributed by atoms with Crippen molar-refractivity contribution in [3.05, 3.63) is 48.3 Å². The molecular weight excluding hydrogens is 348 g/mol. The third kappa shape index (κ3) is 4.00. The predicted octanol–water partition coefficient (Wildman–Crippen LogP) is 2.21. The molecule has 8 heteroatoms. The van der Waals surface area contributed by atoms with Gasteiger partial charge >= 0.3 is 0 Å². The van der Waals surface area contributed by atoms with Gasteiger partial charge in [-0.05, 0) is 24.3 Å². The molecule has 0 radical (unpaired) electrons. The van der Waals surface area contributed by atoms with Crippen LogP contribution in [0.15, 0.2) is 47.8 Å². The molecule has 0 saturated carbocycles. The zero-order chi connectivity index (χ0) is 19.2. The molecule has 0 aliphatic rings. The minimum Gasteiger partial charge on any atom is -0.493 e. The molecule has 3 aromatic rings. The van der Waals surface area contributed by atoms with Crippen LogP contribution in [0.1, 0.15) is 5.56 Å². The number of carbonyl (C=O) groups is 1. The number of rotatable bonds is 7. The molecule has 140 valence electrons. The Balaban J connectivity index is 1.69. The van der Waals surface area contributed by atoms with Gasteiger partial charge in [0.1, 0.15) is 6.54 Å². The Morgan fingerprint density at radius 2 is 1.85 bits per heavy atom. The van der Waals surface area contributed by atoms with Crippen LogP contribution in [0.25, 0.3) is 11.0 Å². The molecule has 3 rings (SSSR count). The lowest BCUT2D eigenvalue weighted by Gasteiger charge is -2.12. The minimum atomic E-state index is -0.262. The number of methoxy groups -OCH3 is 3. The van der Waals surface area contributed by atoms with E-state index in [1.807, 2.05) is 24.3 Å². The maximum atomic E-state index is 12.1. The first-order valence-electron chi connectivity index (χ1n) is 8.18. The van der Waals surface area contributed by atoms with Crippen LogP contribution in [0.2, 0.25) is 0 Å². The van der Waals surface area contributed by atoms with E-state index in [2.05, 4.69) is 15.5 Å². The van der Waals surface area contributed by atoms with Gasteiger partial charge in [0, 0.05) is 5.56 Å². The summed E-state index contributed by atoms with van der Waals surface area (Å²) >= 11 is 0. The third-order valence-corrected chi connectivity index (χ3v) is 3.93. The van der Waals surface area contributed by atoms with Crippen molar-refractivity contribution < 1.29 is 19.0 Å². The molecule has 1 aromatic heterocycles. The molecule has 2 aromatic carbocycles. The molecule has 0 atom stereocenters. The molecule has 0 aliphatic carbocycles. The molecule has 1 N–H and O–H groups in total. The van der Waals surface area contributed by atoms with Crippen LogP contribution in [0.5, 0.6) is 17.2 Å². The maximum absolute atomic E-state index is 12.1. The van der Waals surface area contributed by atoms with Crippen LogP contribution in [-0.2, 0) is 11.3 Å². The summed E-state index contributed by atoms with van der Waals surface area (Å²) in [7, 11) is 4.61. The fraction of sp³-hybridized carbons (Fsp3) is 0.211. The number of nitrogens with zero attached hydrogens (tertiary/aromatic N) is 3. The highest BCUT2D eigenvalue weighted by Gasteiger charge is 2.12. The van der Waals surface area contributed by atoms with Crippen molar-refractivity contribution in [3.8, 4) is 17.2 Å². The number of carbonyl (C=O) groups excluding carboxylic acids is 1. The molecule has 1 heterocycles. The van der Waals surface area contributed by atoms with E-state index in [9.17, 15) is 4.79 Å². The summed E-state index contributed by atoms with van der Waals surface area (Å²) in [5.41, 5.74) is 4.93. The van der Waals surface area contributed by atoms with Gasteiger partial charge in [-0.25, -0.2) is 10.4 Å². The summed E-state index contributed by atoms with van der Waals surface area (Å²) in [6.07, 6.45) is 3.14. The average molecular weight is 368 g/mol. The first-order chi connectivity index (χ1) is 13.2. The normalized spacial score (nSPS) is 10.9. The molecule has 0 bridgehead atoms. The fourth-order valence-corrected chi connectivity index (χ4v) is 2.68. The molecule has 0 aliphatic heterocycles. The molecular formula is C19H20N4O4. The van der Waals surface area contributed by atoms with E-state index in [0.717, 1.165) is 11.0 Å². The molecule has 0 fully saturated rings. The topological polar surface area (TPSA) is 87.0 Å². The lowest BCUT2D eigenvalue weighted by atomic mass is 10.2. The van der Waals surface area contributed by atoms with Gasteiger partial charge in [-0.1, -0.05) is 12.1 Å². The van der Waals surface area contributed by atoms with Gasteiger partial charge in [0.05, 0.1) is 44.9 Å². The first kappa shape index (κ1) is 18.2. The molecule has 27 heavy (non-hydrogen) atoms. The Morgan fingerprint density at radius 3 is 2.52 bits per heavy atom. The van der Waals surface area contributed by atoms with E-state index in [-0.39, 0.29) is 12.5 Å². The van der Waals surface area contributed by atoms with Gasteiger partial charge in [0.15, 0.2) is 11.5 Å². The van der Waals surface area contributed by atoms with Crippen molar-refractivity contribution >= 4 is 23.2 Å². The zero-order valence-electron chi connectivity index (χ0n) is 15.3. The third-order valence-electron chi connectivity index (χ3n) is 3.93. The van der Waals surface area contributed by atoms with Crippen LogP contribution >= 0.6 is 0 Å². The number of benzene rings is 2. The van der Waals surface area contributed by atoms with Gasteiger partial charge in [0.2, 0.25) is 5.75 Å². The van der Waals surface area contributed by atoms with Gasteiger partial charge in [-0.2, -0.15) is 5.10 Å². The summed E-state index contributed by atoms with van der Waals surface area (Å²) in [6.45, 7) is 0.118. The summed E-state index contributed by atoms with van der Waals surface area (Å²) in [4.78, 5) is 16.4. The maximum Gasteiger partial charge on any atom is 0.260 e. The SMILES string of the molecule is COc1cc(/C=N/NC(=O)Cn2cnc3ccccc32)cc(OC)c1OC. The quantitative estimate of drug-likeness (QED) is 0.510. The number of fused-ring (bicyclic) bond motifs is 1. The number of ether oxygens (including phenoxy) is 3. The number of nitrogens with one attached hydrogen (secondary N) is 1. The number of hydrogen-bond acceptors (Lipinski definition) is 6. The summed E-state index contributed by atoms with van der Waals surface area (Å²) < 4.78 is 17.6. The number of para-hydroxylation sites is 2. The van der Waals surface area contributed by atoms with Crippen LogP contribution in [0.3, 0.4) is 0 Å². The number of hydrazone groups is 1. The number of amides is 1. The van der Waals surface area contributed by atoms with Gasteiger partial charge < -0.3 is 18.8 Å². The van der Waals surface area contributed by atoms with E-state index < -0.39 is 0 Å². The molecule has 8 nitrogen and oxygen atoms in total. The monoisotopic (exact) mass is 368 g/mol. The fourth-order valence-electron chi connectivity index (χ4n) is 2.68. The van der Waals surface area contributed by atoms with E-state index in [1.165, 1.54) is 27.5 Å². The second-order valence-corrected chi connectivity index (χ2v) is 5.61. The predicted molar refractivity (Wildman–Crippen MR) is 102 cm³/mol. The molecule has 0 saturated heterocycles. The Hall–Kier alpha value is -3.55. The lowest BCUT2D eigenvalue weighted by molar-refractivity contribution is -0.121. The highest BCUT2D eigenvalue weighted by atomic mass is 16.5. The van der Waals surface area contributed by atoms with E-state index in [0.29, 0.717) is 22.8 Å². The minimum absolute atomic E-state index is 0.118. The Kier molecular flexibility index (Phi) is 5.55. The first-order valence-corrected chi connectivity index (χ1v) is 8.18. The summed E-state index contributed by atoms with van der Waals surface area (Å²) in [6, 6.07) is 11.1. The van der Waals surface area contributed by atoms with Crippen molar-refractivity contribution in [1.82, 2.24) is 15.0 Å². The number of aromatic nitrogens is 2. The molecule has 1 amide bonds. The van der Waals surface area contributed by atoms with Crippen LogP contribution in [-0.4, -0.2) is 43.0 Å². The Morgan fingerprint density at radius 1 is 1.15 bits per heavy atom. The summed E-state index contributed by atoms with van der Waals surface area (Å²) in [5, 5.41) is 4.00. The molecule has 0 spiro atoms.